The molecule has 1 N–H and O–H groups in total. The highest BCUT2D eigenvalue weighted by molar-refractivity contribution is 8.00. The minimum atomic E-state index is 0.686. The van der Waals surface area contributed by atoms with Crippen molar-refractivity contribution >= 4 is 11.8 Å². The van der Waals surface area contributed by atoms with Crippen molar-refractivity contribution in [2.24, 2.45) is 0 Å². The largest absolute Gasteiger partial charge is 0.380 e. The maximum Gasteiger partial charge on any atom is 0.0600 e. The summed E-state index contributed by atoms with van der Waals surface area (Å²) >= 11 is 2.20. The molecule has 1 heterocycles. The Morgan fingerprint density at radius 3 is 2.75 bits per heavy atom. The normalized spacial score (nSPS) is 32.8. The second-order valence-corrected chi connectivity index (χ2v) is 6.51. The molecule has 1 saturated carbocycles. The molecular formula is C13H25NOS. The first-order valence-electron chi connectivity index (χ1n) is 6.86. The Morgan fingerprint density at radius 2 is 2.00 bits per heavy atom. The Hall–Kier alpha value is 0.270. The van der Waals surface area contributed by atoms with Crippen LogP contribution in [-0.4, -0.2) is 36.3 Å². The Balaban J connectivity index is 1.80. The lowest BCUT2D eigenvalue weighted by Crippen LogP contribution is -2.45. The van der Waals surface area contributed by atoms with Crippen LogP contribution in [0.3, 0.4) is 0 Å². The molecule has 0 amide bonds. The molecule has 2 nitrogen and oxygen atoms in total. The predicted octanol–water partition coefficient (Wildman–Crippen LogP) is 2.82. The molecule has 3 heteroatoms. The summed E-state index contributed by atoms with van der Waals surface area (Å²) in [6.45, 7) is 5.20. The van der Waals surface area contributed by atoms with Gasteiger partial charge in [-0.2, -0.15) is 11.8 Å². The van der Waals surface area contributed by atoms with Crippen molar-refractivity contribution in [1.29, 1.82) is 0 Å². The number of hydrogen-bond donors (Lipinski definition) is 1. The topological polar surface area (TPSA) is 21.3 Å². The van der Waals surface area contributed by atoms with Gasteiger partial charge in [0.1, 0.15) is 0 Å². The summed E-state index contributed by atoms with van der Waals surface area (Å²) in [7, 11) is 0. The minimum Gasteiger partial charge on any atom is -0.380 e. The summed E-state index contributed by atoms with van der Waals surface area (Å²) in [4.78, 5) is 0. The van der Waals surface area contributed by atoms with Gasteiger partial charge in [0.25, 0.3) is 0 Å². The molecule has 1 saturated heterocycles. The molecule has 1 aliphatic carbocycles. The standard InChI is InChI=1S/C13H25NOS/c1-2-14-12-8-9-15-10-13(12)16-11-6-4-3-5-7-11/h11-14H,2-10H2,1H3. The summed E-state index contributed by atoms with van der Waals surface area (Å²) in [5.74, 6) is 0. The van der Waals surface area contributed by atoms with E-state index in [1.54, 1.807) is 0 Å². The lowest BCUT2D eigenvalue weighted by molar-refractivity contribution is 0.0835. The van der Waals surface area contributed by atoms with Gasteiger partial charge in [-0.15, -0.1) is 0 Å². The highest BCUT2D eigenvalue weighted by Crippen LogP contribution is 2.34. The van der Waals surface area contributed by atoms with E-state index < -0.39 is 0 Å². The molecule has 16 heavy (non-hydrogen) atoms. The van der Waals surface area contributed by atoms with Gasteiger partial charge in [-0.1, -0.05) is 26.2 Å². The van der Waals surface area contributed by atoms with Crippen molar-refractivity contribution in [1.82, 2.24) is 5.32 Å². The third kappa shape index (κ3) is 3.64. The second kappa shape index (κ2) is 6.87. The van der Waals surface area contributed by atoms with Crippen LogP contribution in [0, 0.1) is 0 Å². The molecule has 0 bridgehead atoms. The zero-order chi connectivity index (χ0) is 11.2. The van der Waals surface area contributed by atoms with Crippen molar-refractivity contribution in [3.8, 4) is 0 Å². The number of rotatable bonds is 4. The molecule has 2 rings (SSSR count). The van der Waals surface area contributed by atoms with E-state index in [1.165, 1.54) is 38.5 Å². The first kappa shape index (κ1) is 12.7. The van der Waals surface area contributed by atoms with E-state index in [9.17, 15) is 0 Å². The van der Waals surface area contributed by atoms with Crippen molar-refractivity contribution in [2.75, 3.05) is 19.8 Å². The molecule has 1 aliphatic heterocycles. The van der Waals surface area contributed by atoms with Crippen molar-refractivity contribution in [3.05, 3.63) is 0 Å². The fraction of sp³-hybridized carbons (Fsp3) is 1.00. The third-order valence-electron chi connectivity index (χ3n) is 3.69. The number of hydrogen-bond acceptors (Lipinski definition) is 3. The zero-order valence-electron chi connectivity index (χ0n) is 10.4. The molecule has 0 spiro atoms. The third-order valence-corrected chi connectivity index (χ3v) is 5.36. The zero-order valence-corrected chi connectivity index (χ0v) is 11.2. The molecule has 2 fully saturated rings. The van der Waals surface area contributed by atoms with Crippen molar-refractivity contribution in [3.63, 3.8) is 0 Å². The maximum absolute atomic E-state index is 5.64. The molecule has 2 atom stereocenters. The van der Waals surface area contributed by atoms with Gasteiger partial charge in [-0.3, -0.25) is 0 Å². The number of nitrogens with one attached hydrogen (secondary N) is 1. The van der Waals surface area contributed by atoms with Crippen molar-refractivity contribution in [2.45, 2.75) is 62.0 Å². The lowest BCUT2D eigenvalue weighted by Gasteiger charge is -2.35. The van der Waals surface area contributed by atoms with Gasteiger partial charge < -0.3 is 10.1 Å². The highest BCUT2D eigenvalue weighted by atomic mass is 32.2. The van der Waals surface area contributed by atoms with E-state index in [0.717, 1.165) is 25.0 Å². The van der Waals surface area contributed by atoms with Crippen LogP contribution in [0.5, 0.6) is 0 Å². The minimum absolute atomic E-state index is 0.686. The molecule has 0 aromatic rings. The molecular weight excluding hydrogens is 218 g/mol. The first-order valence-corrected chi connectivity index (χ1v) is 7.81. The summed E-state index contributed by atoms with van der Waals surface area (Å²) < 4.78 is 5.64. The van der Waals surface area contributed by atoms with Crippen LogP contribution in [0.1, 0.15) is 45.4 Å². The van der Waals surface area contributed by atoms with E-state index in [4.69, 9.17) is 4.74 Å². The summed E-state index contributed by atoms with van der Waals surface area (Å²) in [6, 6.07) is 0.686. The van der Waals surface area contributed by atoms with Crippen LogP contribution in [0.4, 0.5) is 0 Å². The lowest BCUT2D eigenvalue weighted by atomic mass is 10.0. The smallest absolute Gasteiger partial charge is 0.0600 e. The number of thioether (sulfide) groups is 1. The SMILES string of the molecule is CCNC1CCOCC1SC1CCCCC1. The van der Waals surface area contributed by atoms with Crippen LogP contribution < -0.4 is 5.32 Å². The van der Waals surface area contributed by atoms with Gasteiger partial charge in [-0.25, -0.2) is 0 Å². The van der Waals surface area contributed by atoms with Crippen LogP contribution in [0.2, 0.25) is 0 Å². The average molecular weight is 243 g/mol. The molecule has 0 aromatic carbocycles. The fourth-order valence-electron chi connectivity index (χ4n) is 2.79. The quantitative estimate of drug-likeness (QED) is 0.820. The van der Waals surface area contributed by atoms with Crippen LogP contribution >= 0.6 is 11.8 Å². The van der Waals surface area contributed by atoms with Gasteiger partial charge in [0.15, 0.2) is 0 Å². The van der Waals surface area contributed by atoms with Gasteiger partial charge in [-0.05, 0) is 25.8 Å². The first-order chi connectivity index (χ1) is 7.90. The van der Waals surface area contributed by atoms with Crippen molar-refractivity contribution < 1.29 is 4.74 Å². The van der Waals surface area contributed by atoms with Crippen LogP contribution in [0.25, 0.3) is 0 Å². The van der Waals surface area contributed by atoms with Crippen LogP contribution in [-0.2, 0) is 4.74 Å². The number of ether oxygens (including phenoxy) is 1. The molecule has 0 aromatic heterocycles. The molecule has 2 unspecified atom stereocenters. The van der Waals surface area contributed by atoms with E-state index in [0.29, 0.717) is 11.3 Å². The van der Waals surface area contributed by atoms with E-state index in [1.807, 2.05) is 0 Å². The van der Waals surface area contributed by atoms with Gasteiger partial charge in [0.2, 0.25) is 0 Å². The average Bonchev–Trinajstić information content (AvgIpc) is 2.33. The maximum atomic E-state index is 5.64. The predicted molar refractivity (Wildman–Crippen MR) is 71.2 cm³/mol. The Morgan fingerprint density at radius 1 is 1.19 bits per heavy atom. The highest BCUT2D eigenvalue weighted by Gasteiger charge is 2.28. The summed E-state index contributed by atoms with van der Waals surface area (Å²) in [5, 5.41) is 5.22. The van der Waals surface area contributed by atoms with Gasteiger partial charge in [0, 0.05) is 23.1 Å². The summed E-state index contributed by atoms with van der Waals surface area (Å²) in [6.07, 6.45) is 8.39. The molecule has 0 radical (unpaired) electrons. The van der Waals surface area contributed by atoms with Crippen LogP contribution in [0.15, 0.2) is 0 Å². The monoisotopic (exact) mass is 243 g/mol. The van der Waals surface area contributed by atoms with E-state index >= 15 is 0 Å². The fourth-order valence-corrected chi connectivity index (χ4v) is 4.49. The van der Waals surface area contributed by atoms with E-state index in [-0.39, 0.29) is 0 Å². The second-order valence-electron chi connectivity index (χ2n) is 4.96. The van der Waals surface area contributed by atoms with E-state index in [2.05, 4.69) is 24.0 Å². The Kier molecular flexibility index (Phi) is 5.46. The Bertz CT molecular complexity index is 192. The van der Waals surface area contributed by atoms with Gasteiger partial charge in [0.05, 0.1) is 6.61 Å². The Labute approximate surface area is 104 Å². The summed E-state index contributed by atoms with van der Waals surface area (Å²) in [5.41, 5.74) is 0. The van der Waals surface area contributed by atoms with Gasteiger partial charge >= 0.3 is 0 Å². The molecule has 94 valence electrons. The molecule has 2 aliphatic rings.